The molecule has 3 saturated heterocycles. The molecular formula is C43H43FN10O5. The Morgan fingerprint density at radius 1 is 0.847 bits per heavy atom. The number of hydrogen-bond acceptors (Lipinski definition) is 11. The number of hydrogen-bond donors (Lipinski definition) is 2. The van der Waals surface area contributed by atoms with Crippen LogP contribution in [0.1, 0.15) is 77.3 Å². The number of anilines is 3. The van der Waals surface area contributed by atoms with Crippen LogP contribution in [-0.2, 0) is 14.4 Å². The molecule has 2 aromatic carbocycles. The molecule has 16 heteroatoms. The Bertz CT molecular complexity index is 2480. The SMILES string of the molecule is O=C1CCC(N2C(=O)c3cccc(NCCCCC(=O)N4CCN(c5cccc(-c6cnc7ccc(N8CCCC8c8cccc(F)c8)nn67)n5)CC4)c3C2=O)C(=O)N1. The Morgan fingerprint density at radius 2 is 1.68 bits per heavy atom. The summed E-state index contributed by atoms with van der Waals surface area (Å²) in [5, 5.41) is 10.5. The van der Waals surface area contributed by atoms with Crippen molar-refractivity contribution in [3.8, 4) is 11.4 Å². The number of halogens is 1. The predicted octanol–water partition coefficient (Wildman–Crippen LogP) is 4.60. The Hall–Kier alpha value is -6.71. The number of nitrogens with one attached hydrogen (secondary N) is 2. The van der Waals surface area contributed by atoms with Crippen molar-refractivity contribution >= 4 is 52.5 Å². The molecule has 15 nitrogen and oxygen atoms in total. The van der Waals surface area contributed by atoms with Crippen molar-refractivity contribution in [2.75, 3.05) is 54.4 Å². The van der Waals surface area contributed by atoms with Gasteiger partial charge in [0, 0.05) is 57.8 Å². The van der Waals surface area contributed by atoms with Crippen molar-refractivity contribution in [3.05, 3.63) is 102 Å². The molecule has 5 amide bonds. The molecule has 9 rings (SSSR count). The molecule has 0 bridgehead atoms. The van der Waals surface area contributed by atoms with Crippen molar-refractivity contribution in [3.63, 3.8) is 0 Å². The number of pyridine rings is 1. The molecule has 2 atom stereocenters. The van der Waals surface area contributed by atoms with Gasteiger partial charge < -0.3 is 20.0 Å². The third-order valence-corrected chi connectivity index (χ3v) is 11.7. The largest absolute Gasteiger partial charge is 0.384 e. The number of imide groups is 2. The number of aromatic nitrogens is 4. The van der Waals surface area contributed by atoms with Crippen LogP contribution in [0.15, 0.2) is 79.0 Å². The zero-order valence-corrected chi connectivity index (χ0v) is 32.3. The van der Waals surface area contributed by atoms with E-state index in [1.807, 2.05) is 45.8 Å². The van der Waals surface area contributed by atoms with Gasteiger partial charge in [-0.3, -0.25) is 34.2 Å². The predicted molar refractivity (Wildman–Crippen MR) is 216 cm³/mol. The van der Waals surface area contributed by atoms with E-state index in [4.69, 9.17) is 10.1 Å². The minimum absolute atomic E-state index is 0.0394. The van der Waals surface area contributed by atoms with E-state index in [2.05, 4.69) is 25.4 Å². The van der Waals surface area contributed by atoms with E-state index >= 15 is 0 Å². The molecule has 0 aliphatic carbocycles. The summed E-state index contributed by atoms with van der Waals surface area (Å²) in [5.41, 5.74) is 4.07. The Morgan fingerprint density at radius 3 is 2.51 bits per heavy atom. The summed E-state index contributed by atoms with van der Waals surface area (Å²) >= 11 is 0. The second kappa shape index (κ2) is 15.9. The molecule has 0 saturated carbocycles. The number of rotatable bonds is 11. The minimum Gasteiger partial charge on any atom is -0.384 e. The lowest BCUT2D eigenvalue weighted by Gasteiger charge is -2.35. The lowest BCUT2D eigenvalue weighted by molar-refractivity contribution is -0.136. The lowest BCUT2D eigenvalue weighted by Crippen LogP contribution is -2.54. The van der Waals surface area contributed by atoms with Crippen LogP contribution in [0.3, 0.4) is 0 Å². The molecule has 3 fully saturated rings. The van der Waals surface area contributed by atoms with E-state index < -0.39 is 29.7 Å². The highest BCUT2D eigenvalue weighted by Crippen LogP contribution is 2.36. The van der Waals surface area contributed by atoms with E-state index in [0.29, 0.717) is 63.3 Å². The zero-order chi connectivity index (χ0) is 40.6. The van der Waals surface area contributed by atoms with Gasteiger partial charge in [-0.1, -0.05) is 24.3 Å². The summed E-state index contributed by atoms with van der Waals surface area (Å²) in [6, 6.07) is 20.6. The molecule has 0 radical (unpaired) electrons. The molecule has 0 spiro atoms. The van der Waals surface area contributed by atoms with Crippen molar-refractivity contribution in [2.24, 2.45) is 0 Å². The third-order valence-electron chi connectivity index (χ3n) is 11.7. The summed E-state index contributed by atoms with van der Waals surface area (Å²) < 4.78 is 15.9. The first-order valence-electron chi connectivity index (χ1n) is 20.2. The first-order chi connectivity index (χ1) is 28.7. The summed E-state index contributed by atoms with van der Waals surface area (Å²) in [6.45, 7) is 3.72. The average molecular weight is 799 g/mol. The van der Waals surface area contributed by atoms with Gasteiger partial charge in [0.1, 0.15) is 29.2 Å². The highest BCUT2D eigenvalue weighted by molar-refractivity contribution is 6.25. The van der Waals surface area contributed by atoms with E-state index in [9.17, 15) is 28.4 Å². The van der Waals surface area contributed by atoms with E-state index in [1.54, 1.807) is 36.5 Å². The number of piperidine rings is 1. The number of imidazole rings is 1. The number of benzene rings is 2. The van der Waals surface area contributed by atoms with E-state index in [0.717, 1.165) is 52.9 Å². The normalized spacial score (nSPS) is 19.5. The molecule has 5 aromatic rings. The van der Waals surface area contributed by atoms with Crippen LogP contribution < -0.4 is 20.4 Å². The van der Waals surface area contributed by atoms with Gasteiger partial charge >= 0.3 is 0 Å². The van der Waals surface area contributed by atoms with Crippen LogP contribution in [0.25, 0.3) is 17.0 Å². The monoisotopic (exact) mass is 798 g/mol. The maximum Gasteiger partial charge on any atom is 0.264 e. The second-order valence-corrected chi connectivity index (χ2v) is 15.3. The quantitative estimate of drug-likeness (QED) is 0.142. The summed E-state index contributed by atoms with van der Waals surface area (Å²) in [4.78, 5) is 80.6. The molecule has 4 aliphatic rings. The molecule has 4 aliphatic heterocycles. The van der Waals surface area contributed by atoms with Gasteiger partial charge in [-0.05, 0) is 86.2 Å². The van der Waals surface area contributed by atoms with Gasteiger partial charge in [0.25, 0.3) is 11.8 Å². The van der Waals surface area contributed by atoms with Crippen LogP contribution in [0, 0.1) is 5.82 Å². The highest BCUT2D eigenvalue weighted by atomic mass is 19.1. The molecule has 302 valence electrons. The van der Waals surface area contributed by atoms with E-state index in [-0.39, 0.29) is 41.7 Å². The summed E-state index contributed by atoms with van der Waals surface area (Å²) in [7, 11) is 0. The van der Waals surface area contributed by atoms with Gasteiger partial charge in [-0.2, -0.15) is 0 Å². The maximum atomic E-state index is 14.1. The number of amides is 5. The number of unbranched alkanes of at least 4 members (excludes halogenated alkanes) is 1. The first-order valence-corrected chi connectivity index (χ1v) is 20.2. The number of piperazine rings is 1. The smallest absolute Gasteiger partial charge is 0.264 e. The number of nitrogens with zero attached hydrogens (tertiary/aromatic N) is 8. The van der Waals surface area contributed by atoms with Crippen LogP contribution >= 0.6 is 0 Å². The topological polar surface area (TPSA) is 165 Å². The highest BCUT2D eigenvalue weighted by Gasteiger charge is 2.45. The second-order valence-electron chi connectivity index (χ2n) is 15.3. The van der Waals surface area contributed by atoms with Crippen molar-refractivity contribution < 1.29 is 28.4 Å². The zero-order valence-electron chi connectivity index (χ0n) is 32.3. The number of fused-ring (bicyclic) bond motifs is 2. The van der Waals surface area contributed by atoms with Crippen LogP contribution in [0.4, 0.5) is 21.7 Å². The Kier molecular flexibility index (Phi) is 10.2. The fourth-order valence-electron chi connectivity index (χ4n) is 8.66. The van der Waals surface area contributed by atoms with Crippen molar-refractivity contribution in [2.45, 2.75) is 57.0 Å². The molecule has 7 heterocycles. The van der Waals surface area contributed by atoms with Crippen LogP contribution in [0.2, 0.25) is 0 Å². The van der Waals surface area contributed by atoms with Gasteiger partial charge in [0.2, 0.25) is 17.7 Å². The standard InChI is InChI=1S/C43H43FN10O5/c44-28-8-3-7-27(25-28)32-12-6-20-52(32)37-17-16-35-46-26-34(54(35)49-37)30-10-5-13-36(47-30)50-21-23-51(24-22-50)39(56)14-1-2-19-45-31-11-4-9-29-40(31)43(59)53(42(29)58)33-15-18-38(55)48-41(33)57/h3-5,7-11,13,16-17,25-26,32-33,45H,1-2,6,12,14-15,18-24H2,(H,48,55,57). The fourth-order valence-corrected chi connectivity index (χ4v) is 8.66. The molecular weight excluding hydrogens is 756 g/mol. The van der Waals surface area contributed by atoms with Crippen molar-refractivity contribution in [1.82, 2.24) is 34.7 Å². The number of carbonyl (C=O) groups is 5. The fraction of sp³-hybridized carbons (Fsp3) is 0.349. The van der Waals surface area contributed by atoms with Crippen LogP contribution in [-0.4, -0.2) is 104 Å². The Balaban J connectivity index is 0.774. The average Bonchev–Trinajstić information content (AvgIpc) is 3.98. The minimum atomic E-state index is -1.03. The van der Waals surface area contributed by atoms with Gasteiger partial charge in [0.05, 0.1) is 29.1 Å². The third kappa shape index (κ3) is 7.34. The Labute approximate surface area is 339 Å². The molecule has 59 heavy (non-hydrogen) atoms. The maximum absolute atomic E-state index is 14.1. The lowest BCUT2D eigenvalue weighted by atomic mass is 10.0. The van der Waals surface area contributed by atoms with Gasteiger partial charge in [-0.25, -0.2) is 18.9 Å². The number of carbonyl (C=O) groups excluding carboxylic acids is 5. The van der Waals surface area contributed by atoms with Crippen molar-refractivity contribution in [1.29, 1.82) is 0 Å². The van der Waals surface area contributed by atoms with Crippen LogP contribution in [0.5, 0.6) is 0 Å². The summed E-state index contributed by atoms with van der Waals surface area (Å²) in [5.74, 6) is -0.731. The molecule has 2 N–H and O–H groups in total. The van der Waals surface area contributed by atoms with Gasteiger partial charge in [-0.15, -0.1) is 5.10 Å². The summed E-state index contributed by atoms with van der Waals surface area (Å²) in [6.07, 6.45) is 5.52. The van der Waals surface area contributed by atoms with E-state index in [1.165, 1.54) is 6.07 Å². The molecule has 3 aromatic heterocycles. The van der Waals surface area contributed by atoms with Gasteiger partial charge in [0.15, 0.2) is 5.65 Å². The molecule has 2 unspecified atom stereocenters. The first kappa shape index (κ1) is 37.8.